The standard InChI is InChI=1S/C19H19N5O4S2/c1-10(17(26)21-18-11(15(20)25)7-8-29-18)30-19-23-22-16(24(19)2)14-9-27-12-5-3-4-6-13(12)28-14/h3-8,10,14H,9H2,1-2H3,(H2,20,25)(H,21,26)/t10-,14-/m1/s1. The second kappa shape index (κ2) is 8.36. The number of carbonyl (C=O) groups is 2. The number of nitrogens with two attached hydrogens (primary N) is 1. The molecular weight excluding hydrogens is 426 g/mol. The molecule has 2 aromatic heterocycles. The smallest absolute Gasteiger partial charge is 0.251 e. The summed E-state index contributed by atoms with van der Waals surface area (Å²) < 4.78 is 13.5. The Hall–Kier alpha value is -3.05. The third-order valence-corrected chi connectivity index (χ3v) is 6.45. The fourth-order valence-corrected chi connectivity index (χ4v) is 4.50. The minimum atomic E-state index is -0.582. The SMILES string of the molecule is C[C@@H](Sc1nnc([C@H]2COc3ccccc3O2)n1C)C(=O)Nc1sccc1C(N)=O. The van der Waals surface area contributed by atoms with Gasteiger partial charge in [0.2, 0.25) is 5.91 Å². The molecule has 3 aromatic rings. The number of primary amides is 1. The molecule has 0 radical (unpaired) electrons. The number of aromatic nitrogens is 3. The second-order valence-corrected chi connectivity index (χ2v) is 8.77. The topological polar surface area (TPSA) is 121 Å². The Kier molecular flexibility index (Phi) is 5.64. The third-order valence-electron chi connectivity index (χ3n) is 4.48. The summed E-state index contributed by atoms with van der Waals surface area (Å²) in [7, 11) is 1.82. The number of nitrogens with zero attached hydrogens (tertiary/aromatic N) is 3. The molecule has 0 spiro atoms. The van der Waals surface area contributed by atoms with Crippen molar-refractivity contribution in [3.63, 3.8) is 0 Å². The molecule has 30 heavy (non-hydrogen) atoms. The van der Waals surface area contributed by atoms with Gasteiger partial charge in [-0.1, -0.05) is 23.9 Å². The summed E-state index contributed by atoms with van der Waals surface area (Å²) in [6, 6.07) is 9.03. The highest BCUT2D eigenvalue weighted by Gasteiger charge is 2.28. The Bertz CT molecular complexity index is 1100. The normalized spacial score (nSPS) is 16.1. The van der Waals surface area contributed by atoms with E-state index in [1.165, 1.54) is 23.1 Å². The van der Waals surface area contributed by atoms with Crippen LogP contribution < -0.4 is 20.5 Å². The first kappa shape index (κ1) is 20.2. The van der Waals surface area contributed by atoms with Crippen molar-refractivity contribution in [2.24, 2.45) is 12.8 Å². The van der Waals surface area contributed by atoms with Crippen molar-refractivity contribution in [3.8, 4) is 11.5 Å². The van der Waals surface area contributed by atoms with Crippen molar-refractivity contribution in [2.75, 3.05) is 11.9 Å². The van der Waals surface area contributed by atoms with Crippen LogP contribution in [0.2, 0.25) is 0 Å². The van der Waals surface area contributed by atoms with E-state index in [9.17, 15) is 9.59 Å². The molecule has 0 bridgehead atoms. The van der Waals surface area contributed by atoms with Crippen LogP contribution in [-0.4, -0.2) is 38.4 Å². The van der Waals surface area contributed by atoms with E-state index in [2.05, 4.69) is 15.5 Å². The quantitative estimate of drug-likeness (QED) is 0.559. The van der Waals surface area contributed by atoms with Gasteiger partial charge in [0.05, 0.1) is 10.8 Å². The lowest BCUT2D eigenvalue weighted by molar-refractivity contribution is -0.115. The zero-order valence-electron chi connectivity index (χ0n) is 16.2. The van der Waals surface area contributed by atoms with Gasteiger partial charge in [0.25, 0.3) is 5.91 Å². The maximum Gasteiger partial charge on any atom is 0.251 e. The van der Waals surface area contributed by atoms with E-state index in [-0.39, 0.29) is 5.91 Å². The van der Waals surface area contributed by atoms with Crippen LogP contribution in [0.3, 0.4) is 0 Å². The zero-order chi connectivity index (χ0) is 21.3. The molecule has 0 fully saturated rings. The van der Waals surface area contributed by atoms with E-state index >= 15 is 0 Å². The number of carbonyl (C=O) groups excluding carboxylic acids is 2. The Labute approximate surface area is 180 Å². The van der Waals surface area contributed by atoms with Crippen LogP contribution in [0.25, 0.3) is 0 Å². The molecule has 1 aliphatic heterocycles. The Morgan fingerprint density at radius 2 is 2.07 bits per heavy atom. The molecule has 2 amide bonds. The van der Waals surface area contributed by atoms with Crippen LogP contribution in [0.4, 0.5) is 5.00 Å². The van der Waals surface area contributed by atoms with Crippen LogP contribution >= 0.6 is 23.1 Å². The molecule has 1 aromatic carbocycles. The van der Waals surface area contributed by atoms with E-state index < -0.39 is 17.3 Å². The van der Waals surface area contributed by atoms with Gasteiger partial charge < -0.3 is 25.1 Å². The molecule has 156 valence electrons. The van der Waals surface area contributed by atoms with Gasteiger partial charge in [-0.05, 0) is 30.5 Å². The molecule has 4 rings (SSSR count). The molecule has 2 atom stereocenters. The highest BCUT2D eigenvalue weighted by atomic mass is 32.2. The molecule has 3 heterocycles. The van der Waals surface area contributed by atoms with Crippen molar-refractivity contribution >= 4 is 39.9 Å². The second-order valence-electron chi connectivity index (χ2n) is 6.54. The first-order valence-electron chi connectivity index (χ1n) is 9.06. The number of hydrogen-bond donors (Lipinski definition) is 2. The number of thiophene rings is 1. The fourth-order valence-electron chi connectivity index (χ4n) is 2.88. The van der Waals surface area contributed by atoms with Gasteiger partial charge in [-0.2, -0.15) is 0 Å². The van der Waals surface area contributed by atoms with Crippen molar-refractivity contribution in [3.05, 3.63) is 47.1 Å². The zero-order valence-corrected chi connectivity index (χ0v) is 17.8. The van der Waals surface area contributed by atoms with Crippen LogP contribution in [-0.2, 0) is 11.8 Å². The summed E-state index contributed by atoms with van der Waals surface area (Å²) in [4.78, 5) is 24.0. The number of fused-ring (bicyclic) bond motifs is 1. The number of nitrogens with one attached hydrogen (secondary N) is 1. The summed E-state index contributed by atoms with van der Waals surface area (Å²) >= 11 is 2.50. The lowest BCUT2D eigenvalue weighted by Crippen LogP contribution is -2.25. The summed E-state index contributed by atoms with van der Waals surface area (Å²) in [6.45, 7) is 2.07. The van der Waals surface area contributed by atoms with Crippen molar-refractivity contribution in [2.45, 2.75) is 23.4 Å². The number of amides is 2. The largest absolute Gasteiger partial charge is 0.485 e. The van der Waals surface area contributed by atoms with Crippen molar-refractivity contribution in [1.82, 2.24) is 14.8 Å². The Morgan fingerprint density at radius 1 is 1.30 bits per heavy atom. The lowest BCUT2D eigenvalue weighted by atomic mass is 10.2. The van der Waals surface area contributed by atoms with E-state index in [0.717, 1.165) is 0 Å². The van der Waals surface area contributed by atoms with E-state index in [0.29, 0.717) is 39.7 Å². The molecule has 11 heteroatoms. The highest BCUT2D eigenvalue weighted by Crippen LogP contribution is 2.36. The molecule has 0 aliphatic carbocycles. The highest BCUT2D eigenvalue weighted by molar-refractivity contribution is 8.00. The van der Waals surface area contributed by atoms with Crippen LogP contribution in [0.5, 0.6) is 11.5 Å². The summed E-state index contributed by atoms with van der Waals surface area (Å²) in [5.41, 5.74) is 5.62. The van der Waals surface area contributed by atoms with Gasteiger partial charge in [0, 0.05) is 7.05 Å². The Morgan fingerprint density at radius 3 is 2.83 bits per heavy atom. The van der Waals surface area contributed by atoms with Gasteiger partial charge in [-0.15, -0.1) is 21.5 Å². The van der Waals surface area contributed by atoms with Gasteiger partial charge in [-0.3, -0.25) is 9.59 Å². The molecule has 0 saturated carbocycles. The van der Waals surface area contributed by atoms with Crippen molar-refractivity contribution < 1.29 is 19.1 Å². The lowest BCUT2D eigenvalue weighted by Gasteiger charge is -2.25. The minimum absolute atomic E-state index is 0.263. The van der Waals surface area contributed by atoms with Gasteiger partial charge >= 0.3 is 0 Å². The molecule has 3 N–H and O–H groups in total. The van der Waals surface area contributed by atoms with Crippen LogP contribution in [0.1, 0.15) is 29.2 Å². The van der Waals surface area contributed by atoms with Crippen LogP contribution in [0.15, 0.2) is 40.9 Å². The number of rotatable bonds is 6. The average Bonchev–Trinajstić information content (AvgIpc) is 3.34. The summed E-state index contributed by atoms with van der Waals surface area (Å²) in [6.07, 6.45) is -0.403. The first-order chi connectivity index (χ1) is 14.4. The predicted octanol–water partition coefficient (Wildman–Crippen LogP) is 2.61. The van der Waals surface area contributed by atoms with Gasteiger partial charge in [-0.25, -0.2) is 0 Å². The fraction of sp³-hybridized carbons (Fsp3) is 0.263. The number of para-hydroxylation sites is 2. The van der Waals surface area contributed by atoms with Crippen molar-refractivity contribution in [1.29, 1.82) is 0 Å². The predicted molar refractivity (Wildman–Crippen MR) is 113 cm³/mol. The monoisotopic (exact) mass is 445 g/mol. The maximum absolute atomic E-state index is 12.6. The maximum atomic E-state index is 12.6. The van der Waals surface area contributed by atoms with Crippen LogP contribution in [0, 0.1) is 0 Å². The molecule has 0 saturated heterocycles. The Balaban J connectivity index is 1.43. The summed E-state index contributed by atoms with van der Waals surface area (Å²) in [5.74, 6) is 1.11. The van der Waals surface area contributed by atoms with Gasteiger partial charge in [0.15, 0.2) is 28.6 Å². The number of anilines is 1. The molecule has 9 nitrogen and oxygen atoms in total. The number of thioether (sulfide) groups is 1. The molecular formula is C19H19N5O4S2. The number of hydrogen-bond acceptors (Lipinski definition) is 8. The third kappa shape index (κ3) is 3.98. The molecule has 1 aliphatic rings. The van der Waals surface area contributed by atoms with E-state index in [1.54, 1.807) is 22.9 Å². The number of benzene rings is 1. The van der Waals surface area contributed by atoms with E-state index in [4.69, 9.17) is 15.2 Å². The van der Waals surface area contributed by atoms with Gasteiger partial charge in [0.1, 0.15) is 11.6 Å². The number of ether oxygens (including phenoxy) is 2. The first-order valence-corrected chi connectivity index (χ1v) is 10.8. The average molecular weight is 446 g/mol. The summed E-state index contributed by atoms with van der Waals surface area (Å²) in [5, 5.41) is 13.4. The molecule has 0 unspecified atom stereocenters. The van der Waals surface area contributed by atoms with E-state index in [1.807, 2.05) is 31.3 Å². The minimum Gasteiger partial charge on any atom is -0.485 e.